The lowest BCUT2D eigenvalue weighted by atomic mass is 10.2. The Morgan fingerprint density at radius 3 is 2.67 bits per heavy atom. The monoisotopic (exact) mass is 197 g/mol. The second-order valence-electron chi connectivity index (χ2n) is 3.39. The minimum absolute atomic E-state index is 0.787. The van der Waals surface area contributed by atoms with Crippen LogP contribution in [-0.4, -0.2) is 0 Å². The highest BCUT2D eigenvalue weighted by molar-refractivity contribution is 5.45. The van der Waals surface area contributed by atoms with Crippen LogP contribution in [0.3, 0.4) is 0 Å². The fourth-order valence-electron chi connectivity index (χ4n) is 1.41. The highest BCUT2D eigenvalue weighted by Gasteiger charge is 1.93. The van der Waals surface area contributed by atoms with Crippen LogP contribution in [0.25, 0.3) is 0 Å². The molecule has 15 heavy (non-hydrogen) atoms. The van der Waals surface area contributed by atoms with Gasteiger partial charge in [-0.3, -0.25) is 0 Å². The summed E-state index contributed by atoms with van der Waals surface area (Å²) in [4.78, 5) is 0. The summed E-state index contributed by atoms with van der Waals surface area (Å²) in [5.41, 5.74) is 8.77. The summed E-state index contributed by atoms with van der Waals surface area (Å²) in [5.74, 6) is 0. The Bertz CT molecular complexity index is 424. The molecular formula is C13H13N2. The van der Waals surface area contributed by atoms with Crippen LogP contribution in [-0.2, 0) is 6.54 Å². The van der Waals surface area contributed by atoms with Crippen LogP contribution in [0.4, 0.5) is 11.4 Å². The predicted molar refractivity (Wildman–Crippen MR) is 63.5 cm³/mol. The fraction of sp³-hybridized carbons (Fsp3) is 0.0769. The maximum atomic E-state index is 5.69. The fourth-order valence-corrected chi connectivity index (χ4v) is 1.41. The van der Waals surface area contributed by atoms with Crippen molar-refractivity contribution in [2.45, 2.75) is 6.54 Å². The largest absolute Gasteiger partial charge is 0.399 e. The van der Waals surface area contributed by atoms with E-state index in [4.69, 9.17) is 5.73 Å². The van der Waals surface area contributed by atoms with Gasteiger partial charge in [-0.15, -0.1) is 0 Å². The maximum absolute atomic E-state index is 5.69. The number of rotatable bonds is 3. The minimum Gasteiger partial charge on any atom is -0.399 e. The van der Waals surface area contributed by atoms with Crippen molar-refractivity contribution in [3.05, 3.63) is 60.2 Å². The van der Waals surface area contributed by atoms with E-state index in [1.165, 1.54) is 5.56 Å². The lowest BCUT2D eigenvalue weighted by Crippen LogP contribution is -1.99. The molecule has 0 atom stereocenters. The molecule has 0 bridgehead atoms. The molecule has 0 fully saturated rings. The molecule has 0 spiro atoms. The number of nitrogens with two attached hydrogens (primary N) is 1. The first-order valence-corrected chi connectivity index (χ1v) is 4.89. The maximum Gasteiger partial charge on any atom is 0.0401 e. The van der Waals surface area contributed by atoms with Gasteiger partial charge in [0.1, 0.15) is 0 Å². The van der Waals surface area contributed by atoms with E-state index in [0.29, 0.717) is 0 Å². The third kappa shape index (κ3) is 2.74. The molecule has 2 aromatic rings. The van der Waals surface area contributed by atoms with Crippen molar-refractivity contribution in [2.24, 2.45) is 0 Å². The highest BCUT2D eigenvalue weighted by Crippen LogP contribution is 2.10. The van der Waals surface area contributed by atoms with Crippen molar-refractivity contribution in [3.8, 4) is 0 Å². The normalized spacial score (nSPS) is 9.87. The molecule has 2 heteroatoms. The summed E-state index contributed by atoms with van der Waals surface area (Å²) in [6, 6.07) is 18.6. The topological polar surface area (TPSA) is 38.0 Å². The van der Waals surface area contributed by atoms with E-state index in [0.717, 1.165) is 17.9 Å². The number of benzene rings is 2. The zero-order valence-electron chi connectivity index (χ0n) is 8.40. The SMILES string of the molecule is Nc1cccc(CNc2cc[c]cc2)c1. The molecule has 1 radical (unpaired) electrons. The van der Waals surface area contributed by atoms with Gasteiger partial charge < -0.3 is 11.1 Å². The van der Waals surface area contributed by atoms with Crippen LogP contribution in [0, 0.1) is 6.07 Å². The van der Waals surface area contributed by atoms with Gasteiger partial charge in [0.15, 0.2) is 0 Å². The van der Waals surface area contributed by atoms with E-state index in [-0.39, 0.29) is 0 Å². The summed E-state index contributed by atoms with van der Waals surface area (Å²) >= 11 is 0. The third-order valence-electron chi connectivity index (χ3n) is 2.17. The molecule has 0 heterocycles. The van der Waals surface area contributed by atoms with Gasteiger partial charge in [-0.1, -0.05) is 24.3 Å². The Hall–Kier alpha value is -1.96. The van der Waals surface area contributed by atoms with Crippen LogP contribution in [0.5, 0.6) is 0 Å². The molecular weight excluding hydrogens is 184 g/mol. The zero-order valence-corrected chi connectivity index (χ0v) is 8.40. The van der Waals surface area contributed by atoms with Gasteiger partial charge in [0.05, 0.1) is 0 Å². The van der Waals surface area contributed by atoms with Gasteiger partial charge in [-0.25, -0.2) is 0 Å². The molecule has 0 saturated heterocycles. The average Bonchev–Trinajstić information content (AvgIpc) is 2.28. The van der Waals surface area contributed by atoms with Crippen LogP contribution in [0.1, 0.15) is 5.56 Å². The first-order valence-electron chi connectivity index (χ1n) is 4.89. The van der Waals surface area contributed by atoms with E-state index in [1.807, 2.05) is 42.5 Å². The molecule has 3 N–H and O–H groups in total. The first-order chi connectivity index (χ1) is 7.34. The van der Waals surface area contributed by atoms with Crippen molar-refractivity contribution in [3.63, 3.8) is 0 Å². The van der Waals surface area contributed by atoms with Crippen molar-refractivity contribution < 1.29 is 0 Å². The number of hydrogen-bond donors (Lipinski definition) is 2. The van der Waals surface area contributed by atoms with E-state index in [1.54, 1.807) is 0 Å². The molecule has 2 nitrogen and oxygen atoms in total. The van der Waals surface area contributed by atoms with Gasteiger partial charge in [0, 0.05) is 17.9 Å². The van der Waals surface area contributed by atoms with Crippen LogP contribution in [0.15, 0.2) is 48.5 Å². The average molecular weight is 197 g/mol. The standard InChI is InChI=1S/C13H13N2/c14-12-6-4-5-11(9-12)10-15-13-7-2-1-3-8-13/h2-9,15H,10,14H2. The van der Waals surface area contributed by atoms with E-state index in [9.17, 15) is 0 Å². The lowest BCUT2D eigenvalue weighted by Gasteiger charge is -2.06. The predicted octanol–water partition coefficient (Wildman–Crippen LogP) is 2.68. The van der Waals surface area contributed by atoms with E-state index in [2.05, 4.69) is 17.4 Å². The summed E-state index contributed by atoms with van der Waals surface area (Å²) in [6.45, 7) is 0.787. The number of anilines is 2. The Morgan fingerprint density at radius 1 is 1.13 bits per heavy atom. The summed E-state index contributed by atoms with van der Waals surface area (Å²) in [6.07, 6.45) is 0. The molecule has 0 unspecified atom stereocenters. The van der Waals surface area contributed by atoms with Crippen LogP contribution < -0.4 is 11.1 Å². The Morgan fingerprint density at radius 2 is 1.93 bits per heavy atom. The molecule has 0 aliphatic heterocycles. The molecule has 2 rings (SSSR count). The van der Waals surface area contributed by atoms with Gasteiger partial charge in [0.2, 0.25) is 0 Å². The smallest absolute Gasteiger partial charge is 0.0401 e. The zero-order chi connectivity index (χ0) is 10.5. The molecule has 0 aliphatic rings. The number of hydrogen-bond acceptors (Lipinski definition) is 2. The second kappa shape index (κ2) is 4.51. The summed E-state index contributed by atoms with van der Waals surface area (Å²) < 4.78 is 0. The summed E-state index contributed by atoms with van der Waals surface area (Å²) in [7, 11) is 0. The van der Waals surface area contributed by atoms with Gasteiger partial charge in [-0.2, -0.15) is 0 Å². The quantitative estimate of drug-likeness (QED) is 0.742. The Balaban J connectivity index is 1.99. The summed E-state index contributed by atoms with van der Waals surface area (Å²) in [5, 5.41) is 3.31. The highest BCUT2D eigenvalue weighted by atomic mass is 14.9. The molecule has 0 aliphatic carbocycles. The van der Waals surface area contributed by atoms with Crippen molar-refractivity contribution in [1.29, 1.82) is 0 Å². The van der Waals surface area contributed by atoms with Crippen molar-refractivity contribution >= 4 is 11.4 Å². The van der Waals surface area contributed by atoms with E-state index >= 15 is 0 Å². The van der Waals surface area contributed by atoms with Crippen LogP contribution >= 0.6 is 0 Å². The first kappa shape index (κ1) is 9.59. The third-order valence-corrected chi connectivity index (χ3v) is 2.17. The number of nitrogens with one attached hydrogen (secondary N) is 1. The minimum atomic E-state index is 0.787. The Labute approximate surface area is 89.7 Å². The van der Waals surface area contributed by atoms with Crippen molar-refractivity contribution in [2.75, 3.05) is 11.1 Å². The second-order valence-corrected chi connectivity index (χ2v) is 3.39. The molecule has 75 valence electrons. The number of nitrogen functional groups attached to an aromatic ring is 1. The molecule has 0 amide bonds. The van der Waals surface area contributed by atoms with Gasteiger partial charge >= 0.3 is 0 Å². The molecule has 0 saturated carbocycles. The lowest BCUT2D eigenvalue weighted by molar-refractivity contribution is 1.15. The van der Waals surface area contributed by atoms with Gasteiger partial charge in [0.25, 0.3) is 0 Å². The van der Waals surface area contributed by atoms with E-state index < -0.39 is 0 Å². The molecule has 0 aromatic heterocycles. The Kier molecular flexibility index (Phi) is 2.88. The van der Waals surface area contributed by atoms with Crippen molar-refractivity contribution in [1.82, 2.24) is 0 Å². The molecule has 2 aromatic carbocycles. The van der Waals surface area contributed by atoms with Gasteiger partial charge in [-0.05, 0) is 35.9 Å². The van der Waals surface area contributed by atoms with Crippen LogP contribution in [0.2, 0.25) is 0 Å².